The highest BCUT2D eigenvalue weighted by Gasteiger charge is 2.53. The molecule has 9 nitrogen and oxygen atoms in total. The highest BCUT2D eigenvalue weighted by Crippen LogP contribution is 2.58. The molecule has 0 aromatic heterocycles. The number of hydrogen-bond acceptors (Lipinski definition) is 8. The second-order valence-corrected chi connectivity index (χ2v) is 19.7. The first-order chi connectivity index (χ1) is 23.2. The predicted molar refractivity (Wildman–Crippen MR) is 193 cm³/mol. The Bertz CT molecular complexity index is 1810. The Morgan fingerprint density at radius 2 is 1.59 bits per heavy atom. The van der Waals surface area contributed by atoms with Crippen molar-refractivity contribution < 1.29 is 33.3 Å². The number of hydrogen-bond donors (Lipinski definition) is 1. The van der Waals surface area contributed by atoms with Crippen molar-refractivity contribution in [1.29, 1.82) is 0 Å². The zero-order chi connectivity index (χ0) is 35.6. The number of fused-ring (bicyclic) bond motifs is 7. The average molecular weight is 687 g/mol. The molecule has 3 aliphatic heterocycles. The van der Waals surface area contributed by atoms with Crippen LogP contribution in [-0.4, -0.2) is 70.2 Å². The summed E-state index contributed by atoms with van der Waals surface area (Å²) in [6.07, 6.45) is 2.53. The van der Waals surface area contributed by atoms with Crippen LogP contribution in [0.1, 0.15) is 71.8 Å². The fraction of sp³-hybridized carbons (Fsp3) is 0.462. The number of benzene rings is 3. The van der Waals surface area contributed by atoms with Gasteiger partial charge in [-0.05, 0) is 68.2 Å². The van der Waals surface area contributed by atoms with Gasteiger partial charge in [0, 0.05) is 28.0 Å². The minimum atomic E-state index is -2.38. The second-order valence-electron chi connectivity index (χ2n) is 14.9. The summed E-state index contributed by atoms with van der Waals surface area (Å²) in [5.41, 5.74) is 6.77. The van der Waals surface area contributed by atoms with Crippen molar-refractivity contribution in [2.24, 2.45) is 0 Å². The number of likely N-dealkylation sites (N-methyl/N-ethyl adjacent to an activating group) is 1. The van der Waals surface area contributed by atoms with E-state index in [9.17, 15) is 9.90 Å². The first-order valence-electron chi connectivity index (χ1n) is 16.9. The monoisotopic (exact) mass is 686 g/mol. The third kappa shape index (κ3) is 5.58. The van der Waals surface area contributed by atoms with Crippen molar-refractivity contribution in [1.82, 2.24) is 9.80 Å². The first-order valence-corrected chi connectivity index (χ1v) is 19.8. The molecule has 3 aromatic carbocycles. The van der Waals surface area contributed by atoms with Gasteiger partial charge >= 0.3 is 0 Å². The molecule has 3 heterocycles. The van der Waals surface area contributed by atoms with Crippen molar-refractivity contribution in [3.05, 3.63) is 81.0 Å². The largest absolute Gasteiger partial charge is 0.543 e. The molecule has 0 radical (unpaired) electrons. The van der Waals surface area contributed by atoms with E-state index < -0.39 is 26.4 Å². The molecule has 10 heteroatoms. The van der Waals surface area contributed by atoms with Crippen LogP contribution in [0.2, 0.25) is 18.1 Å². The molecular formula is C39H50N2O7Si. The third-order valence-electron chi connectivity index (χ3n) is 11.0. The second kappa shape index (κ2) is 12.7. The van der Waals surface area contributed by atoms with Gasteiger partial charge in [-0.25, -0.2) is 0 Å². The maximum Gasteiger partial charge on any atom is 0.250 e. The Kier molecular flexibility index (Phi) is 9.04. The van der Waals surface area contributed by atoms with Gasteiger partial charge < -0.3 is 33.4 Å². The molecule has 3 aromatic rings. The van der Waals surface area contributed by atoms with E-state index in [4.69, 9.17) is 23.4 Å². The lowest BCUT2D eigenvalue weighted by Crippen LogP contribution is -2.60. The van der Waals surface area contributed by atoms with Crippen LogP contribution in [0.25, 0.3) is 6.08 Å². The van der Waals surface area contributed by atoms with Crippen LogP contribution in [0, 0.1) is 13.8 Å². The van der Waals surface area contributed by atoms with Crippen LogP contribution in [0.5, 0.6) is 28.7 Å². The lowest BCUT2D eigenvalue weighted by Gasteiger charge is -2.53. The van der Waals surface area contributed by atoms with Crippen LogP contribution >= 0.6 is 0 Å². The molecule has 49 heavy (non-hydrogen) atoms. The molecule has 3 aliphatic rings. The van der Waals surface area contributed by atoms with Crippen LogP contribution in [0.3, 0.4) is 0 Å². The molecule has 0 aliphatic carbocycles. The Hall–Kier alpha value is -3.99. The summed E-state index contributed by atoms with van der Waals surface area (Å²) in [4.78, 5) is 18.8. The fourth-order valence-electron chi connectivity index (χ4n) is 7.46. The molecule has 1 saturated heterocycles. The number of rotatable bonds is 9. The van der Waals surface area contributed by atoms with Crippen molar-refractivity contribution in [2.45, 2.75) is 83.9 Å². The lowest BCUT2D eigenvalue weighted by molar-refractivity contribution is -0.145. The minimum absolute atomic E-state index is 0.0315. The molecule has 1 fully saturated rings. The van der Waals surface area contributed by atoms with Gasteiger partial charge in [0.1, 0.15) is 5.75 Å². The fourth-order valence-corrected chi connectivity index (χ4v) is 8.53. The molecular weight excluding hydrogens is 637 g/mol. The molecule has 0 saturated carbocycles. The Balaban J connectivity index is 1.63. The van der Waals surface area contributed by atoms with Crippen molar-refractivity contribution in [3.8, 4) is 28.7 Å². The Morgan fingerprint density at radius 3 is 2.20 bits per heavy atom. The topological polar surface area (TPSA) is 89.9 Å². The lowest BCUT2D eigenvalue weighted by atomic mass is 9.78. The maximum atomic E-state index is 14.8. The van der Waals surface area contributed by atoms with Gasteiger partial charge in [-0.3, -0.25) is 9.69 Å². The summed E-state index contributed by atoms with van der Waals surface area (Å²) >= 11 is 0. The van der Waals surface area contributed by atoms with E-state index in [2.05, 4.69) is 44.8 Å². The van der Waals surface area contributed by atoms with Gasteiger partial charge in [0.2, 0.25) is 5.91 Å². The number of methoxy groups -OCH3 is 3. The highest BCUT2D eigenvalue weighted by molar-refractivity contribution is 6.74. The van der Waals surface area contributed by atoms with E-state index in [0.29, 0.717) is 30.3 Å². The maximum absolute atomic E-state index is 14.8. The zero-order valence-electron chi connectivity index (χ0n) is 30.7. The van der Waals surface area contributed by atoms with Gasteiger partial charge in [-0.15, -0.1) is 0 Å². The summed E-state index contributed by atoms with van der Waals surface area (Å²) < 4.78 is 31.5. The normalized spacial score (nSPS) is 20.2. The Labute approximate surface area is 291 Å². The molecule has 0 unspecified atom stereocenters. The van der Waals surface area contributed by atoms with E-state index in [1.807, 2.05) is 62.2 Å². The molecule has 3 atom stereocenters. The zero-order valence-corrected chi connectivity index (χ0v) is 31.7. The molecule has 262 valence electrons. The van der Waals surface area contributed by atoms with E-state index in [-0.39, 0.29) is 23.3 Å². The summed E-state index contributed by atoms with van der Waals surface area (Å²) in [5, 5.41) is 11.7. The van der Waals surface area contributed by atoms with Crippen LogP contribution in [0.15, 0.2) is 42.1 Å². The number of aryl methyl sites for hydroxylation is 1. The number of phenolic OH excluding ortho intramolecular Hbond substituents is 1. The Morgan fingerprint density at radius 1 is 0.939 bits per heavy atom. The number of piperazine rings is 1. The predicted octanol–water partition coefficient (Wildman–Crippen LogP) is 7.47. The summed E-state index contributed by atoms with van der Waals surface area (Å²) in [6, 6.07) is 10.6. The molecule has 0 spiro atoms. The van der Waals surface area contributed by atoms with E-state index in [1.165, 1.54) is 0 Å². The van der Waals surface area contributed by atoms with Gasteiger partial charge in [0.05, 0.1) is 52.7 Å². The SMILES string of the molecule is COc1c(C)cc2c(c1O)[C@@H]1C3=Cc4c(O[Si](C)(C)C(C)(C)C)c(C)c(OC)c(OC)c4[C@H](COCc4ccccc4)N3C(=O)[C@H](C2)N1C. The van der Waals surface area contributed by atoms with Crippen LogP contribution in [-0.2, 0) is 22.6 Å². The van der Waals surface area contributed by atoms with Crippen molar-refractivity contribution >= 4 is 20.3 Å². The van der Waals surface area contributed by atoms with Gasteiger partial charge in [0.15, 0.2) is 23.0 Å². The van der Waals surface area contributed by atoms with Crippen molar-refractivity contribution in [2.75, 3.05) is 35.0 Å². The van der Waals surface area contributed by atoms with E-state index >= 15 is 0 Å². The van der Waals surface area contributed by atoms with Gasteiger partial charge in [-0.1, -0.05) is 57.2 Å². The average Bonchev–Trinajstić information content (AvgIpc) is 3.04. The van der Waals surface area contributed by atoms with Gasteiger partial charge in [-0.2, -0.15) is 0 Å². The molecule has 2 bridgehead atoms. The standard InChI is InChI=1S/C39H50N2O7Si/c1-22-17-25-18-28-38(43)41-27(32(40(28)6)30(25)33(42)34(22)44-7)19-26-31(29(41)21-47-20-24-15-13-12-14-16-24)37(46-9)36(45-8)23(2)35(26)48-49(10,11)39(3,4)5/h12-17,19,28-29,32,42H,18,20-21H2,1-11H3/t28-,29-,32-/m0/s1. The number of nitrogens with zero attached hydrogens (tertiary/aromatic N) is 2. The smallest absolute Gasteiger partial charge is 0.250 e. The van der Waals surface area contributed by atoms with E-state index in [0.717, 1.165) is 50.4 Å². The summed E-state index contributed by atoms with van der Waals surface area (Å²) in [5.74, 6) is 2.36. The summed E-state index contributed by atoms with van der Waals surface area (Å²) in [6.45, 7) is 15.6. The van der Waals surface area contributed by atoms with Crippen LogP contribution < -0.4 is 18.6 Å². The number of carbonyl (C=O) groups excluding carboxylic acids is 1. The molecule has 1 amide bonds. The number of amides is 1. The van der Waals surface area contributed by atoms with E-state index in [1.54, 1.807) is 21.3 Å². The quantitative estimate of drug-likeness (QED) is 0.232. The van der Waals surface area contributed by atoms with Gasteiger partial charge in [0.25, 0.3) is 8.32 Å². The number of phenols is 1. The number of aromatic hydroxyl groups is 1. The molecule has 6 rings (SSSR count). The van der Waals surface area contributed by atoms with Crippen LogP contribution in [0.4, 0.5) is 0 Å². The van der Waals surface area contributed by atoms with Crippen molar-refractivity contribution in [3.63, 3.8) is 0 Å². The summed E-state index contributed by atoms with van der Waals surface area (Å²) in [7, 11) is 4.43. The first kappa shape index (κ1) is 34.9. The highest BCUT2D eigenvalue weighted by atomic mass is 28.4. The third-order valence-corrected chi connectivity index (χ3v) is 15.3. The number of ether oxygens (including phenoxy) is 4. The number of carbonyl (C=O) groups is 1. The molecule has 1 N–H and O–H groups in total. The minimum Gasteiger partial charge on any atom is -0.543 e.